The van der Waals surface area contributed by atoms with E-state index in [1.54, 1.807) is 42.2 Å². The number of amides is 1. The lowest BCUT2D eigenvalue weighted by Gasteiger charge is -2.24. The van der Waals surface area contributed by atoms with E-state index in [0.29, 0.717) is 34.0 Å². The van der Waals surface area contributed by atoms with Crippen molar-refractivity contribution in [2.24, 2.45) is 0 Å². The molecular weight excluding hydrogens is 405 g/mol. The van der Waals surface area contributed by atoms with Crippen molar-refractivity contribution in [2.75, 3.05) is 18.6 Å². The molecule has 31 heavy (non-hydrogen) atoms. The van der Waals surface area contributed by atoms with Gasteiger partial charge in [0, 0.05) is 18.9 Å². The van der Waals surface area contributed by atoms with Crippen molar-refractivity contribution in [2.45, 2.75) is 19.1 Å². The number of aromatic amines is 1. The molecule has 1 saturated heterocycles. The van der Waals surface area contributed by atoms with Crippen molar-refractivity contribution in [3.05, 3.63) is 48.8 Å². The smallest absolute Gasteiger partial charge is 0.416 e. The van der Waals surface area contributed by atoms with Crippen molar-refractivity contribution in [1.82, 2.24) is 29.8 Å². The Hall–Kier alpha value is -3.86. The van der Waals surface area contributed by atoms with Crippen molar-refractivity contribution in [3.8, 4) is 22.5 Å². The van der Waals surface area contributed by atoms with Crippen LogP contribution in [0.25, 0.3) is 28.2 Å². The summed E-state index contributed by atoms with van der Waals surface area (Å²) in [6.45, 7) is 2.07. The van der Waals surface area contributed by atoms with E-state index in [9.17, 15) is 9.18 Å². The molecule has 3 aromatic heterocycles. The maximum absolute atomic E-state index is 14.7. The lowest BCUT2D eigenvalue weighted by atomic mass is 10.1. The molecule has 1 aliphatic rings. The lowest BCUT2D eigenvalue weighted by molar-refractivity contribution is 0.0881. The van der Waals surface area contributed by atoms with Gasteiger partial charge in [-0.1, -0.05) is 6.07 Å². The van der Waals surface area contributed by atoms with E-state index in [1.807, 2.05) is 6.92 Å². The van der Waals surface area contributed by atoms with Gasteiger partial charge in [0.15, 0.2) is 11.5 Å². The number of rotatable bonds is 5. The Labute approximate surface area is 175 Å². The summed E-state index contributed by atoms with van der Waals surface area (Å²) in [7, 11) is 1.58. The minimum Gasteiger partial charge on any atom is -0.447 e. The zero-order valence-corrected chi connectivity index (χ0v) is 16.7. The summed E-state index contributed by atoms with van der Waals surface area (Å²) in [4.78, 5) is 22.4. The molecule has 0 radical (unpaired) electrons. The van der Waals surface area contributed by atoms with E-state index in [1.165, 1.54) is 17.3 Å². The van der Waals surface area contributed by atoms with Gasteiger partial charge in [-0.2, -0.15) is 10.2 Å². The van der Waals surface area contributed by atoms with E-state index in [4.69, 9.17) is 9.47 Å². The van der Waals surface area contributed by atoms with Crippen LogP contribution in [0.1, 0.15) is 6.92 Å². The summed E-state index contributed by atoms with van der Waals surface area (Å²) < 4.78 is 26.9. The Kier molecular flexibility index (Phi) is 4.59. The summed E-state index contributed by atoms with van der Waals surface area (Å²) in [5.41, 5.74) is 2.00. The van der Waals surface area contributed by atoms with Crippen LogP contribution >= 0.6 is 0 Å². The second kappa shape index (κ2) is 7.43. The Bertz CT molecular complexity index is 1260. The Morgan fingerprint density at radius 2 is 2.19 bits per heavy atom. The van der Waals surface area contributed by atoms with Crippen LogP contribution in [0.2, 0.25) is 0 Å². The Morgan fingerprint density at radius 3 is 2.94 bits per heavy atom. The number of nitrogens with one attached hydrogen (secondary N) is 1. The highest BCUT2D eigenvalue weighted by molar-refractivity contribution is 5.90. The third-order valence-corrected chi connectivity index (χ3v) is 5.37. The first-order valence-electron chi connectivity index (χ1n) is 9.55. The standard InChI is InChI=1S/C20H18FN7O3/c1-11(30-2)16-9-31-20(29)28(16)17-5-6-27-19(25-17)14(8-24-27)12-3-4-13(15(21)7-12)18-22-10-23-26-18/h3-8,10-11,16H,9H2,1-2H3,(H,22,23,26)/t11-,16+/m1/s1. The number of carbonyl (C=O) groups excluding carboxylic acids is 1. The number of cyclic esters (lactones) is 1. The third kappa shape index (κ3) is 3.19. The molecule has 4 heterocycles. The number of aromatic nitrogens is 6. The summed E-state index contributed by atoms with van der Waals surface area (Å²) in [5.74, 6) is 0.293. The quantitative estimate of drug-likeness (QED) is 0.525. The number of ether oxygens (including phenoxy) is 2. The van der Waals surface area contributed by atoms with E-state index in [2.05, 4.69) is 25.3 Å². The zero-order valence-electron chi connectivity index (χ0n) is 16.7. The number of fused-ring (bicyclic) bond motifs is 1. The highest BCUT2D eigenvalue weighted by Crippen LogP contribution is 2.30. The van der Waals surface area contributed by atoms with Crippen LogP contribution in [0.3, 0.4) is 0 Å². The second-order valence-electron chi connectivity index (χ2n) is 7.10. The number of halogens is 1. The predicted molar refractivity (Wildman–Crippen MR) is 108 cm³/mol. The molecule has 0 aliphatic carbocycles. The lowest BCUT2D eigenvalue weighted by Crippen LogP contribution is -2.42. The number of benzene rings is 1. The minimum absolute atomic E-state index is 0.209. The van der Waals surface area contributed by atoms with Crippen LogP contribution < -0.4 is 4.90 Å². The van der Waals surface area contributed by atoms with Crippen LogP contribution in [0, 0.1) is 5.82 Å². The molecule has 1 amide bonds. The van der Waals surface area contributed by atoms with Gasteiger partial charge in [-0.3, -0.25) is 10.00 Å². The maximum atomic E-state index is 14.7. The molecule has 1 fully saturated rings. The molecule has 158 valence electrons. The van der Waals surface area contributed by atoms with E-state index in [-0.39, 0.29) is 18.8 Å². The zero-order chi connectivity index (χ0) is 21.5. The van der Waals surface area contributed by atoms with Gasteiger partial charge in [0.2, 0.25) is 0 Å². The van der Waals surface area contributed by atoms with Gasteiger partial charge in [-0.25, -0.2) is 23.7 Å². The molecule has 4 aromatic rings. The summed E-state index contributed by atoms with van der Waals surface area (Å²) in [5, 5.41) is 10.7. The Morgan fingerprint density at radius 1 is 1.32 bits per heavy atom. The molecule has 0 spiro atoms. The summed E-state index contributed by atoms with van der Waals surface area (Å²) >= 11 is 0. The van der Waals surface area contributed by atoms with E-state index in [0.717, 1.165) is 0 Å². The van der Waals surface area contributed by atoms with Gasteiger partial charge in [-0.05, 0) is 30.7 Å². The highest BCUT2D eigenvalue weighted by atomic mass is 19.1. The highest BCUT2D eigenvalue weighted by Gasteiger charge is 2.39. The van der Waals surface area contributed by atoms with Crippen LogP contribution in [0.15, 0.2) is 43.0 Å². The largest absolute Gasteiger partial charge is 0.447 e. The predicted octanol–water partition coefficient (Wildman–Crippen LogP) is 2.68. The molecule has 10 nitrogen and oxygen atoms in total. The number of anilines is 1. The molecule has 0 unspecified atom stereocenters. The van der Waals surface area contributed by atoms with E-state index < -0.39 is 11.9 Å². The molecule has 5 rings (SSSR count). The fourth-order valence-electron chi connectivity index (χ4n) is 3.61. The van der Waals surface area contributed by atoms with Crippen molar-refractivity contribution >= 4 is 17.6 Å². The molecule has 0 bridgehead atoms. The first-order chi connectivity index (χ1) is 15.1. The van der Waals surface area contributed by atoms with Gasteiger partial charge in [0.25, 0.3) is 0 Å². The molecule has 0 saturated carbocycles. The van der Waals surface area contributed by atoms with Crippen molar-refractivity contribution in [1.29, 1.82) is 0 Å². The fraction of sp³-hybridized carbons (Fsp3) is 0.250. The van der Waals surface area contributed by atoms with Crippen LogP contribution in [0.5, 0.6) is 0 Å². The van der Waals surface area contributed by atoms with Gasteiger partial charge < -0.3 is 9.47 Å². The normalized spacial score (nSPS) is 17.3. The molecule has 1 N–H and O–H groups in total. The number of H-pyrrole nitrogens is 1. The van der Waals surface area contributed by atoms with Crippen molar-refractivity contribution < 1.29 is 18.7 Å². The SMILES string of the molecule is CO[C@H](C)[C@@H]1COC(=O)N1c1ccn2ncc(-c3ccc(-c4ncn[nH]4)c(F)c3)c2n1. The number of hydrogen-bond donors (Lipinski definition) is 1. The minimum atomic E-state index is -0.491. The van der Waals surface area contributed by atoms with Crippen LogP contribution in [0.4, 0.5) is 15.0 Å². The van der Waals surface area contributed by atoms with Crippen molar-refractivity contribution in [3.63, 3.8) is 0 Å². The van der Waals surface area contributed by atoms with Gasteiger partial charge in [-0.15, -0.1) is 0 Å². The van der Waals surface area contributed by atoms with Crippen LogP contribution in [-0.4, -0.2) is 61.7 Å². The maximum Gasteiger partial charge on any atom is 0.416 e. The van der Waals surface area contributed by atoms with Crippen LogP contribution in [-0.2, 0) is 9.47 Å². The average Bonchev–Trinajstić information content (AvgIpc) is 3.52. The molecule has 1 aliphatic heterocycles. The first-order valence-corrected chi connectivity index (χ1v) is 9.55. The number of methoxy groups -OCH3 is 1. The summed E-state index contributed by atoms with van der Waals surface area (Å²) in [6.07, 6.45) is 3.88. The average molecular weight is 423 g/mol. The van der Waals surface area contributed by atoms with Gasteiger partial charge in [0.1, 0.15) is 30.6 Å². The molecule has 1 aromatic carbocycles. The fourth-order valence-corrected chi connectivity index (χ4v) is 3.61. The van der Waals surface area contributed by atoms with Gasteiger partial charge >= 0.3 is 6.09 Å². The summed E-state index contributed by atoms with van der Waals surface area (Å²) in [6, 6.07) is 6.14. The number of hydrogen-bond acceptors (Lipinski definition) is 7. The molecule has 11 heteroatoms. The van der Waals surface area contributed by atoms with Gasteiger partial charge in [0.05, 0.1) is 17.9 Å². The monoisotopic (exact) mass is 423 g/mol. The number of nitrogens with zero attached hydrogens (tertiary/aromatic N) is 6. The topological polar surface area (TPSA) is 111 Å². The second-order valence-corrected chi connectivity index (χ2v) is 7.10. The van der Waals surface area contributed by atoms with E-state index >= 15 is 0 Å². The number of carbonyl (C=O) groups is 1. The Balaban J connectivity index is 1.56. The molecule has 2 atom stereocenters. The third-order valence-electron chi connectivity index (χ3n) is 5.37. The first kappa shape index (κ1) is 19.1. The molecular formula is C20H18FN7O3.